The van der Waals surface area contributed by atoms with Crippen LogP contribution >= 0.6 is 0 Å². The average Bonchev–Trinajstić information content (AvgIpc) is 1.69. The fraction of sp³-hybridized carbons (Fsp3) is 0. The first-order valence-corrected chi connectivity index (χ1v) is 1.66. The predicted octanol–water partition coefficient (Wildman–Crippen LogP) is -1.09. The van der Waals surface area contributed by atoms with Crippen molar-refractivity contribution in [2.24, 2.45) is 0 Å². The van der Waals surface area contributed by atoms with Crippen LogP contribution in [0.3, 0.4) is 0 Å². The van der Waals surface area contributed by atoms with Crippen LogP contribution in [0.4, 0.5) is 0 Å². The van der Waals surface area contributed by atoms with Crippen molar-refractivity contribution in [1.29, 1.82) is 0 Å². The second-order valence-electron chi connectivity index (χ2n) is 0.935. The zero-order valence-electron chi connectivity index (χ0n) is 3.40. The van der Waals surface area contributed by atoms with Crippen molar-refractivity contribution in [3.05, 3.63) is 24.2 Å². The SMILES string of the molecule is [O-][n+]1[c]ncnc1. The first-order valence-electron chi connectivity index (χ1n) is 1.66. The van der Waals surface area contributed by atoms with Gasteiger partial charge in [-0.05, 0) is 0 Å². The Bertz CT molecular complexity index is 140. The number of nitrogens with zero attached hydrogens (tertiary/aromatic N) is 3. The summed E-state index contributed by atoms with van der Waals surface area (Å²) in [5, 5.41) is 10.0. The van der Waals surface area contributed by atoms with Crippen LogP contribution in [0, 0.1) is 11.5 Å². The minimum atomic E-state index is 0.403. The fourth-order valence-electron chi connectivity index (χ4n) is 0.232. The second kappa shape index (κ2) is 1.51. The summed E-state index contributed by atoms with van der Waals surface area (Å²) in [7, 11) is 0. The molecule has 0 fully saturated rings. The zero-order valence-corrected chi connectivity index (χ0v) is 3.40. The van der Waals surface area contributed by atoms with E-state index in [-0.39, 0.29) is 0 Å². The highest BCUT2D eigenvalue weighted by Gasteiger charge is 1.79. The number of aromatic nitrogens is 3. The summed E-state index contributed by atoms with van der Waals surface area (Å²) in [5.74, 6) is 0. The lowest BCUT2D eigenvalue weighted by Crippen LogP contribution is -2.26. The second-order valence-corrected chi connectivity index (χ2v) is 0.935. The van der Waals surface area contributed by atoms with Crippen LogP contribution < -0.4 is 4.73 Å². The largest absolute Gasteiger partial charge is 0.740 e. The molecule has 0 atom stereocenters. The smallest absolute Gasteiger partial charge is 0.343 e. The van der Waals surface area contributed by atoms with E-state index in [0.29, 0.717) is 4.73 Å². The summed E-state index contributed by atoms with van der Waals surface area (Å²) in [6, 6.07) is 0. The quantitative estimate of drug-likeness (QED) is 0.304. The summed E-state index contributed by atoms with van der Waals surface area (Å²) >= 11 is 0. The number of rotatable bonds is 0. The Labute approximate surface area is 40.0 Å². The fourth-order valence-corrected chi connectivity index (χ4v) is 0.232. The van der Waals surface area contributed by atoms with Gasteiger partial charge in [0.25, 0.3) is 6.33 Å². The van der Waals surface area contributed by atoms with Crippen molar-refractivity contribution in [3.8, 4) is 0 Å². The maximum absolute atomic E-state index is 10.0. The minimum absolute atomic E-state index is 0.403. The summed E-state index contributed by atoms with van der Waals surface area (Å²) < 4.78 is 0.403. The Balaban J connectivity index is 3.02. The standard InChI is InChI=1S/C3H2N3O/c7-6-2-4-1-5-3-6/h1-2H. The average molecular weight is 96.1 g/mol. The minimum Gasteiger partial charge on any atom is -0.740 e. The molecule has 0 aliphatic heterocycles. The highest BCUT2D eigenvalue weighted by atomic mass is 16.5. The van der Waals surface area contributed by atoms with Crippen LogP contribution in [-0.2, 0) is 0 Å². The molecule has 0 aliphatic carbocycles. The molecule has 0 saturated heterocycles. The number of hydrogen-bond donors (Lipinski definition) is 0. The Morgan fingerprint density at radius 1 is 1.71 bits per heavy atom. The van der Waals surface area contributed by atoms with E-state index in [1.807, 2.05) is 0 Å². The first kappa shape index (κ1) is 3.98. The van der Waals surface area contributed by atoms with Gasteiger partial charge in [-0.3, -0.25) is 0 Å². The van der Waals surface area contributed by atoms with Crippen LogP contribution in [0.25, 0.3) is 0 Å². The van der Waals surface area contributed by atoms with E-state index in [1.165, 1.54) is 6.33 Å². The molecule has 0 bridgehead atoms. The molecule has 0 aromatic carbocycles. The molecular formula is C3H2N3O. The molecule has 0 spiro atoms. The molecule has 0 amide bonds. The lowest BCUT2D eigenvalue weighted by atomic mass is 11.1. The molecule has 0 saturated carbocycles. The maximum atomic E-state index is 10.0. The molecule has 35 valence electrons. The van der Waals surface area contributed by atoms with Gasteiger partial charge in [0.15, 0.2) is 0 Å². The third-order valence-corrected chi connectivity index (χ3v) is 0.452. The number of hydrogen-bond acceptors (Lipinski definition) is 3. The topological polar surface area (TPSA) is 52.7 Å². The van der Waals surface area contributed by atoms with E-state index in [1.54, 1.807) is 0 Å². The molecular weight excluding hydrogens is 94.1 g/mol. The van der Waals surface area contributed by atoms with Crippen LogP contribution in [0.5, 0.6) is 0 Å². The Morgan fingerprint density at radius 2 is 2.57 bits per heavy atom. The zero-order chi connectivity index (χ0) is 5.11. The normalized spacial score (nSPS) is 8.57. The lowest BCUT2D eigenvalue weighted by molar-refractivity contribution is -0.616. The van der Waals surface area contributed by atoms with Gasteiger partial charge in [0, 0.05) is 0 Å². The molecule has 1 aromatic heterocycles. The molecule has 0 N–H and O–H groups in total. The van der Waals surface area contributed by atoms with Crippen molar-refractivity contribution in [2.45, 2.75) is 0 Å². The van der Waals surface area contributed by atoms with Gasteiger partial charge in [0.05, 0.1) is 0 Å². The third kappa shape index (κ3) is 0.819. The van der Waals surface area contributed by atoms with Crippen LogP contribution in [0.2, 0.25) is 0 Å². The molecule has 0 aliphatic rings. The summed E-state index contributed by atoms with van der Waals surface area (Å²) in [4.78, 5) is 6.69. The van der Waals surface area contributed by atoms with Crippen molar-refractivity contribution in [3.63, 3.8) is 0 Å². The third-order valence-electron chi connectivity index (χ3n) is 0.452. The predicted molar refractivity (Wildman–Crippen MR) is 19.8 cm³/mol. The van der Waals surface area contributed by atoms with E-state index < -0.39 is 0 Å². The molecule has 4 nitrogen and oxygen atoms in total. The maximum Gasteiger partial charge on any atom is 0.343 e. The monoisotopic (exact) mass is 96.0 g/mol. The van der Waals surface area contributed by atoms with Gasteiger partial charge < -0.3 is 5.21 Å². The Hall–Kier alpha value is -1.19. The highest BCUT2D eigenvalue weighted by molar-refractivity contribution is 4.41. The van der Waals surface area contributed by atoms with Crippen LogP contribution in [0.1, 0.15) is 0 Å². The van der Waals surface area contributed by atoms with Gasteiger partial charge in [0.2, 0.25) is 6.33 Å². The molecule has 1 heterocycles. The summed E-state index contributed by atoms with van der Waals surface area (Å²) in [5.41, 5.74) is 0. The van der Waals surface area contributed by atoms with Crippen molar-refractivity contribution in [2.75, 3.05) is 0 Å². The summed E-state index contributed by atoms with van der Waals surface area (Å²) in [6.07, 6.45) is 4.40. The van der Waals surface area contributed by atoms with Crippen LogP contribution in [0.15, 0.2) is 12.7 Å². The lowest BCUT2D eigenvalue weighted by Gasteiger charge is -1.91. The molecule has 1 radical (unpaired) electrons. The highest BCUT2D eigenvalue weighted by Crippen LogP contribution is 1.54. The van der Waals surface area contributed by atoms with E-state index >= 15 is 0 Å². The van der Waals surface area contributed by atoms with Gasteiger partial charge in [-0.2, -0.15) is 0 Å². The van der Waals surface area contributed by atoms with Gasteiger partial charge in [-0.15, -0.1) is 0 Å². The van der Waals surface area contributed by atoms with E-state index in [2.05, 4.69) is 16.3 Å². The molecule has 7 heavy (non-hydrogen) atoms. The molecule has 4 heteroatoms. The van der Waals surface area contributed by atoms with Gasteiger partial charge in [-0.1, -0.05) is 9.97 Å². The van der Waals surface area contributed by atoms with Crippen molar-refractivity contribution in [1.82, 2.24) is 9.97 Å². The van der Waals surface area contributed by atoms with Crippen molar-refractivity contribution < 1.29 is 4.73 Å². The van der Waals surface area contributed by atoms with Crippen molar-refractivity contribution >= 4 is 0 Å². The Morgan fingerprint density at radius 3 is 2.86 bits per heavy atom. The molecule has 1 aromatic rings. The van der Waals surface area contributed by atoms with Gasteiger partial charge in [0.1, 0.15) is 0 Å². The van der Waals surface area contributed by atoms with E-state index in [0.717, 1.165) is 6.33 Å². The summed E-state index contributed by atoms with van der Waals surface area (Å²) in [6.45, 7) is 0. The van der Waals surface area contributed by atoms with Crippen LogP contribution in [-0.4, -0.2) is 9.97 Å². The molecule has 0 unspecified atom stereocenters. The Kier molecular flexibility index (Phi) is 0.856. The van der Waals surface area contributed by atoms with E-state index in [4.69, 9.17) is 0 Å². The first-order chi connectivity index (χ1) is 3.39. The van der Waals surface area contributed by atoms with Gasteiger partial charge >= 0.3 is 6.33 Å². The van der Waals surface area contributed by atoms with Gasteiger partial charge in [-0.25, -0.2) is 4.73 Å². The molecule has 1 rings (SSSR count). The van der Waals surface area contributed by atoms with E-state index in [9.17, 15) is 5.21 Å².